The van der Waals surface area contributed by atoms with E-state index in [1.54, 1.807) is 0 Å². The van der Waals surface area contributed by atoms with Gasteiger partial charge in [-0.05, 0) is 56.4 Å². The molecule has 1 saturated heterocycles. The molecule has 2 heterocycles. The molecule has 152 valence electrons. The first-order chi connectivity index (χ1) is 14.1. The molecule has 2 aromatic rings. The lowest BCUT2D eigenvalue weighted by molar-refractivity contribution is -0.133. The van der Waals surface area contributed by atoms with E-state index in [9.17, 15) is 9.59 Å². The van der Waals surface area contributed by atoms with Crippen LogP contribution in [0.3, 0.4) is 0 Å². The highest BCUT2D eigenvalue weighted by molar-refractivity contribution is 5.92. The molecule has 0 radical (unpaired) electrons. The van der Waals surface area contributed by atoms with Gasteiger partial charge in [-0.2, -0.15) is 0 Å². The molecular weight excluding hydrogens is 362 g/mol. The third kappa shape index (κ3) is 4.44. The van der Waals surface area contributed by atoms with Crippen molar-refractivity contribution in [1.82, 2.24) is 4.90 Å². The number of carbonyl (C=O) groups is 2. The number of piperidine rings is 1. The van der Waals surface area contributed by atoms with Gasteiger partial charge < -0.3 is 15.1 Å². The van der Waals surface area contributed by atoms with Gasteiger partial charge in [-0.25, -0.2) is 0 Å². The number of hydrogen-bond donors (Lipinski definition) is 1. The van der Waals surface area contributed by atoms with Crippen molar-refractivity contribution < 1.29 is 9.59 Å². The normalized spacial score (nSPS) is 19.6. The van der Waals surface area contributed by atoms with Crippen LogP contribution in [0, 0.1) is 5.92 Å². The van der Waals surface area contributed by atoms with Crippen molar-refractivity contribution in [3.63, 3.8) is 0 Å². The number of carbonyl (C=O) groups excluding carboxylic acids is 2. The second kappa shape index (κ2) is 8.68. The second-order valence-corrected chi connectivity index (χ2v) is 8.15. The van der Waals surface area contributed by atoms with Gasteiger partial charge in [-0.15, -0.1) is 0 Å². The molecule has 0 bridgehead atoms. The SMILES string of the molecule is CC1CCc2ccccc2N1CC(=O)N1CCC(C(=O)Nc2ccccc2)CC1. The molecule has 0 saturated carbocycles. The van der Waals surface area contributed by atoms with Crippen molar-refractivity contribution in [3.05, 3.63) is 60.2 Å². The number of para-hydroxylation sites is 2. The van der Waals surface area contributed by atoms with Crippen molar-refractivity contribution in [2.75, 3.05) is 29.9 Å². The van der Waals surface area contributed by atoms with Crippen molar-refractivity contribution in [1.29, 1.82) is 0 Å². The number of fused-ring (bicyclic) bond motifs is 1. The van der Waals surface area contributed by atoms with Crippen LogP contribution in [0.25, 0.3) is 0 Å². The Morgan fingerprint density at radius 1 is 0.966 bits per heavy atom. The van der Waals surface area contributed by atoms with Crippen LogP contribution in [0.15, 0.2) is 54.6 Å². The van der Waals surface area contributed by atoms with Crippen LogP contribution in [-0.2, 0) is 16.0 Å². The number of nitrogens with zero attached hydrogens (tertiary/aromatic N) is 2. The minimum absolute atomic E-state index is 0.0334. The Morgan fingerprint density at radius 3 is 2.41 bits per heavy atom. The molecule has 5 nitrogen and oxygen atoms in total. The first kappa shape index (κ1) is 19.5. The molecular formula is C24H29N3O2. The largest absolute Gasteiger partial charge is 0.359 e. The first-order valence-corrected chi connectivity index (χ1v) is 10.6. The number of hydrogen-bond acceptors (Lipinski definition) is 3. The van der Waals surface area contributed by atoms with Gasteiger partial charge in [0.25, 0.3) is 0 Å². The Hall–Kier alpha value is -2.82. The highest BCUT2D eigenvalue weighted by Gasteiger charge is 2.30. The summed E-state index contributed by atoms with van der Waals surface area (Å²) in [4.78, 5) is 29.7. The average Bonchev–Trinajstić information content (AvgIpc) is 2.76. The van der Waals surface area contributed by atoms with Gasteiger partial charge in [0, 0.05) is 36.4 Å². The molecule has 5 heteroatoms. The highest BCUT2D eigenvalue weighted by atomic mass is 16.2. The number of benzene rings is 2. The van der Waals surface area contributed by atoms with Gasteiger partial charge in [0.1, 0.15) is 0 Å². The summed E-state index contributed by atoms with van der Waals surface area (Å²) in [5.41, 5.74) is 3.35. The Bertz CT molecular complexity index is 859. The zero-order valence-electron chi connectivity index (χ0n) is 17.0. The molecule has 1 atom stereocenters. The van der Waals surface area contributed by atoms with Crippen molar-refractivity contribution in [3.8, 4) is 0 Å². The third-order valence-corrected chi connectivity index (χ3v) is 6.23. The molecule has 2 aliphatic rings. The van der Waals surface area contributed by atoms with Crippen LogP contribution in [0.4, 0.5) is 11.4 Å². The molecule has 1 N–H and O–H groups in total. The van der Waals surface area contributed by atoms with Gasteiger partial charge in [0.15, 0.2) is 0 Å². The van der Waals surface area contributed by atoms with Crippen molar-refractivity contribution >= 4 is 23.2 Å². The second-order valence-electron chi connectivity index (χ2n) is 8.15. The van der Waals surface area contributed by atoms with Gasteiger partial charge >= 0.3 is 0 Å². The molecule has 0 aliphatic carbocycles. The van der Waals surface area contributed by atoms with Crippen LogP contribution >= 0.6 is 0 Å². The van der Waals surface area contributed by atoms with E-state index < -0.39 is 0 Å². The van der Waals surface area contributed by atoms with Crippen LogP contribution in [0.1, 0.15) is 31.7 Å². The lowest BCUT2D eigenvalue weighted by atomic mass is 9.95. The maximum absolute atomic E-state index is 13.0. The molecule has 2 aromatic carbocycles. The summed E-state index contributed by atoms with van der Waals surface area (Å²) in [5.74, 6) is 0.186. The van der Waals surface area contributed by atoms with Gasteiger partial charge in [0.2, 0.25) is 11.8 Å². The summed E-state index contributed by atoms with van der Waals surface area (Å²) >= 11 is 0. The zero-order chi connectivity index (χ0) is 20.2. The third-order valence-electron chi connectivity index (χ3n) is 6.23. The summed E-state index contributed by atoms with van der Waals surface area (Å²) in [6, 6.07) is 18.3. The molecule has 0 spiro atoms. The summed E-state index contributed by atoms with van der Waals surface area (Å²) in [6.07, 6.45) is 3.59. The minimum atomic E-state index is -0.0334. The maximum Gasteiger partial charge on any atom is 0.242 e. The number of nitrogens with one attached hydrogen (secondary N) is 1. The van der Waals surface area contributed by atoms with Crippen LogP contribution in [0.5, 0.6) is 0 Å². The van der Waals surface area contributed by atoms with E-state index in [1.165, 1.54) is 11.3 Å². The first-order valence-electron chi connectivity index (χ1n) is 10.6. The Kier molecular flexibility index (Phi) is 5.84. The Morgan fingerprint density at radius 2 is 1.66 bits per heavy atom. The zero-order valence-corrected chi connectivity index (χ0v) is 17.0. The van der Waals surface area contributed by atoms with Gasteiger partial charge in [-0.1, -0.05) is 36.4 Å². The fourth-order valence-electron chi connectivity index (χ4n) is 4.40. The maximum atomic E-state index is 13.0. The van der Waals surface area contributed by atoms with E-state index in [2.05, 4.69) is 35.3 Å². The van der Waals surface area contributed by atoms with Gasteiger partial charge in [0.05, 0.1) is 6.54 Å². The lowest BCUT2D eigenvalue weighted by Gasteiger charge is -2.39. The average molecular weight is 392 g/mol. The van der Waals surface area contributed by atoms with E-state index in [0.29, 0.717) is 25.7 Å². The Labute approximate surface area is 172 Å². The predicted molar refractivity (Wildman–Crippen MR) is 116 cm³/mol. The van der Waals surface area contributed by atoms with E-state index in [-0.39, 0.29) is 17.7 Å². The highest BCUT2D eigenvalue weighted by Crippen LogP contribution is 2.30. The van der Waals surface area contributed by atoms with Crippen LogP contribution in [0.2, 0.25) is 0 Å². The van der Waals surface area contributed by atoms with Crippen molar-refractivity contribution in [2.24, 2.45) is 5.92 Å². The monoisotopic (exact) mass is 391 g/mol. The van der Waals surface area contributed by atoms with Gasteiger partial charge in [-0.3, -0.25) is 9.59 Å². The number of amides is 2. The van der Waals surface area contributed by atoms with E-state index >= 15 is 0 Å². The van der Waals surface area contributed by atoms with Crippen molar-refractivity contribution in [2.45, 2.75) is 38.6 Å². The molecule has 29 heavy (non-hydrogen) atoms. The fraction of sp³-hybridized carbons (Fsp3) is 0.417. The lowest BCUT2D eigenvalue weighted by Crippen LogP contribution is -2.48. The number of anilines is 2. The molecule has 4 rings (SSSR count). The summed E-state index contributed by atoms with van der Waals surface area (Å²) < 4.78 is 0. The number of likely N-dealkylation sites (tertiary alicyclic amines) is 1. The summed E-state index contributed by atoms with van der Waals surface area (Å²) in [7, 11) is 0. The van der Waals surface area contributed by atoms with E-state index in [0.717, 1.165) is 31.4 Å². The molecule has 1 unspecified atom stereocenters. The molecule has 2 aliphatic heterocycles. The summed E-state index contributed by atoms with van der Waals surface area (Å²) in [6.45, 7) is 3.91. The Balaban J connectivity index is 1.32. The van der Waals surface area contributed by atoms with Crippen LogP contribution < -0.4 is 10.2 Å². The quantitative estimate of drug-likeness (QED) is 0.865. The summed E-state index contributed by atoms with van der Waals surface area (Å²) in [5, 5.41) is 2.99. The predicted octanol–water partition coefficient (Wildman–Crippen LogP) is 3.71. The van der Waals surface area contributed by atoms with Crippen LogP contribution in [-0.4, -0.2) is 42.4 Å². The number of aryl methyl sites for hydroxylation is 1. The van der Waals surface area contributed by atoms with E-state index in [4.69, 9.17) is 0 Å². The molecule has 0 aromatic heterocycles. The fourth-order valence-corrected chi connectivity index (χ4v) is 4.40. The molecule has 1 fully saturated rings. The van der Waals surface area contributed by atoms with E-state index in [1.807, 2.05) is 41.3 Å². The minimum Gasteiger partial charge on any atom is -0.359 e. The standard InChI is InChI=1S/C24H29N3O2/c1-18-11-12-19-7-5-6-10-22(19)27(18)17-23(28)26-15-13-20(14-16-26)24(29)25-21-8-3-2-4-9-21/h2-10,18,20H,11-17H2,1H3,(H,25,29). The smallest absolute Gasteiger partial charge is 0.242 e. The molecule has 2 amide bonds. The topological polar surface area (TPSA) is 52.7 Å². The number of rotatable bonds is 4.